The standard InChI is InChI=1S/C27H42ClNO3/c1-2-3-4-5-6-7-8-9-10-11-12-13-14-15-16-17-26(30)29(23-27(31)32)22-24-18-20-25(28)21-19-24/h9-10,18-21H,2-8,11-17,22-23H2,1H3,(H,31,32). The van der Waals surface area contributed by atoms with E-state index in [4.69, 9.17) is 16.7 Å². The summed E-state index contributed by atoms with van der Waals surface area (Å²) in [4.78, 5) is 25.1. The molecule has 0 aliphatic heterocycles. The summed E-state index contributed by atoms with van der Waals surface area (Å²) in [6.45, 7) is 2.28. The Bertz CT molecular complexity index is 657. The van der Waals surface area contributed by atoms with E-state index in [0.29, 0.717) is 18.0 Å². The summed E-state index contributed by atoms with van der Waals surface area (Å²) in [7, 11) is 0. The molecule has 1 amide bonds. The molecule has 0 aliphatic carbocycles. The van der Waals surface area contributed by atoms with Gasteiger partial charge in [0.25, 0.3) is 0 Å². The second-order valence-corrected chi connectivity index (χ2v) is 9.04. The monoisotopic (exact) mass is 463 g/mol. The van der Waals surface area contributed by atoms with Crippen molar-refractivity contribution in [1.29, 1.82) is 0 Å². The number of hydrogen-bond donors (Lipinski definition) is 1. The fourth-order valence-corrected chi connectivity index (χ4v) is 3.84. The van der Waals surface area contributed by atoms with E-state index in [0.717, 1.165) is 31.2 Å². The molecule has 32 heavy (non-hydrogen) atoms. The van der Waals surface area contributed by atoms with Gasteiger partial charge in [-0.1, -0.05) is 94.2 Å². The maximum atomic E-state index is 12.5. The molecule has 1 N–H and O–H groups in total. The van der Waals surface area contributed by atoms with Crippen LogP contribution in [-0.2, 0) is 16.1 Å². The van der Waals surface area contributed by atoms with Gasteiger partial charge < -0.3 is 10.0 Å². The number of carbonyl (C=O) groups excluding carboxylic acids is 1. The predicted octanol–water partition coefficient (Wildman–Crippen LogP) is 7.79. The minimum absolute atomic E-state index is 0.0972. The zero-order chi connectivity index (χ0) is 23.4. The van der Waals surface area contributed by atoms with Gasteiger partial charge in [0.15, 0.2) is 0 Å². The van der Waals surface area contributed by atoms with Crippen LogP contribution in [0.3, 0.4) is 0 Å². The minimum Gasteiger partial charge on any atom is -0.480 e. The highest BCUT2D eigenvalue weighted by molar-refractivity contribution is 6.30. The molecule has 1 aromatic rings. The molecule has 0 bridgehead atoms. The Balaban J connectivity index is 2.10. The summed E-state index contributed by atoms with van der Waals surface area (Å²) >= 11 is 5.89. The summed E-state index contributed by atoms with van der Waals surface area (Å²) in [6, 6.07) is 7.16. The number of carbonyl (C=O) groups is 2. The number of hydrogen-bond acceptors (Lipinski definition) is 2. The first-order valence-corrected chi connectivity index (χ1v) is 12.8. The van der Waals surface area contributed by atoms with Gasteiger partial charge >= 0.3 is 5.97 Å². The van der Waals surface area contributed by atoms with E-state index in [1.54, 1.807) is 12.1 Å². The SMILES string of the molecule is CCCCCCCCC=CCCCCCCCC(=O)N(CC(=O)O)Cc1ccc(Cl)cc1. The molecule has 0 atom stereocenters. The normalized spacial score (nSPS) is 11.2. The number of amides is 1. The second-order valence-electron chi connectivity index (χ2n) is 8.60. The van der Waals surface area contributed by atoms with Gasteiger partial charge in [0, 0.05) is 18.0 Å². The van der Waals surface area contributed by atoms with Crippen molar-refractivity contribution in [2.24, 2.45) is 0 Å². The van der Waals surface area contributed by atoms with E-state index >= 15 is 0 Å². The van der Waals surface area contributed by atoms with Gasteiger partial charge in [-0.2, -0.15) is 0 Å². The van der Waals surface area contributed by atoms with Crippen molar-refractivity contribution >= 4 is 23.5 Å². The van der Waals surface area contributed by atoms with Crippen molar-refractivity contribution in [3.8, 4) is 0 Å². The summed E-state index contributed by atoms with van der Waals surface area (Å²) < 4.78 is 0. The Hall–Kier alpha value is -1.81. The van der Waals surface area contributed by atoms with Crippen molar-refractivity contribution in [1.82, 2.24) is 4.90 Å². The highest BCUT2D eigenvalue weighted by Gasteiger charge is 2.16. The molecule has 0 heterocycles. The van der Waals surface area contributed by atoms with Crippen LogP contribution in [0.4, 0.5) is 0 Å². The van der Waals surface area contributed by atoms with Gasteiger partial charge in [-0.05, 0) is 49.8 Å². The molecule has 0 spiro atoms. The molecule has 0 saturated heterocycles. The number of aliphatic carboxylic acids is 1. The smallest absolute Gasteiger partial charge is 0.323 e. The van der Waals surface area contributed by atoms with Crippen LogP contribution < -0.4 is 0 Å². The van der Waals surface area contributed by atoms with E-state index in [1.807, 2.05) is 12.1 Å². The largest absolute Gasteiger partial charge is 0.480 e. The number of unbranched alkanes of at least 4 members (excludes halogenated alkanes) is 11. The van der Waals surface area contributed by atoms with Crippen molar-refractivity contribution in [3.63, 3.8) is 0 Å². The van der Waals surface area contributed by atoms with Crippen LogP contribution in [0.15, 0.2) is 36.4 Å². The Kier molecular flexibility index (Phi) is 16.5. The van der Waals surface area contributed by atoms with Crippen LogP contribution in [0, 0.1) is 0 Å². The number of carboxylic acids is 1. The molecule has 0 saturated carbocycles. The van der Waals surface area contributed by atoms with E-state index in [9.17, 15) is 9.59 Å². The fraction of sp³-hybridized carbons (Fsp3) is 0.630. The number of benzene rings is 1. The zero-order valence-electron chi connectivity index (χ0n) is 19.9. The molecule has 1 rings (SSSR count). The molecule has 180 valence electrons. The average Bonchev–Trinajstić information content (AvgIpc) is 2.77. The van der Waals surface area contributed by atoms with Crippen LogP contribution in [0.1, 0.15) is 102 Å². The Morgan fingerprint density at radius 3 is 1.94 bits per heavy atom. The van der Waals surface area contributed by atoms with Gasteiger partial charge in [0.05, 0.1) is 0 Å². The first-order chi connectivity index (χ1) is 15.5. The van der Waals surface area contributed by atoms with Crippen LogP contribution in [0.5, 0.6) is 0 Å². The van der Waals surface area contributed by atoms with Crippen molar-refractivity contribution in [3.05, 3.63) is 47.0 Å². The van der Waals surface area contributed by atoms with E-state index < -0.39 is 5.97 Å². The third kappa shape index (κ3) is 15.1. The second kappa shape index (κ2) is 18.7. The Labute approximate surface area is 200 Å². The van der Waals surface area contributed by atoms with E-state index in [2.05, 4.69) is 19.1 Å². The molecular weight excluding hydrogens is 422 g/mol. The average molecular weight is 464 g/mol. The lowest BCUT2D eigenvalue weighted by molar-refractivity contribution is -0.145. The van der Waals surface area contributed by atoms with Crippen LogP contribution in [-0.4, -0.2) is 28.4 Å². The lowest BCUT2D eigenvalue weighted by Gasteiger charge is -2.21. The number of rotatable bonds is 19. The zero-order valence-corrected chi connectivity index (χ0v) is 20.6. The highest BCUT2D eigenvalue weighted by atomic mass is 35.5. The lowest BCUT2D eigenvalue weighted by atomic mass is 10.1. The predicted molar refractivity (Wildman–Crippen MR) is 134 cm³/mol. The molecule has 0 radical (unpaired) electrons. The van der Waals surface area contributed by atoms with Gasteiger partial charge in [-0.15, -0.1) is 0 Å². The Morgan fingerprint density at radius 2 is 1.38 bits per heavy atom. The van der Waals surface area contributed by atoms with Crippen molar-refractivity contribution < 1.29 is 14.7 Å². The van der Waals surface area contributed by atoms with Crippen molar-refractivity contribution in [2.45, 2.75) is 103 Å². The minimum atomic E-state index is -0.989. The molecule has 5 heteroatoms. The quantitative estimate of drug-likeness (QED) is 0.168. The third-order valence-corrected chi connectivity index (χ3v) is 5.87. The summed E-state index contributed by atoms with van der Waals surface area (Å²) in [6.07, 6.45) is 20.8. The molecule has 0 aliphatic rings. The fourth-order valence-electron chi connectivity index (χ4n) is 3.71. The maximum Gasteiger partial charge on any atom is 0.323 e. The van der Waals surface area contributed by atoms with Gasteiger partial charge in [-0.25, -0.2) is 0 Å². The molecular formula is C27H42ClNO3. The van der Waals surface area contributed by atoms with E-state index in [1.165, 1.54) is 62.7 Å². The summed E-state index contributed by atoms with van der Waals surface area (Å²) in [5, 5.41) is 9.76. The summed E-state index contributed by atoms with van der Waals surface area (Å²) in [5.41, 5.74) is 0.883. The van der Waals surface area contributed by atoms with Crippen LogP contribution in [0.2, 0.25) is 5.02 Å². The highest BCUT2D eigenvalue weighted by Crippen LogP contribution is 2.14. The molecule has 0 aromatic heterocycles. The number of carboxylic acid groups (broad SMARTS) is 1. The van der Waals surface area contributed by atoms with E-state index in [-0.39, 0.29) is 12.5 Å². The molecule has 4 nitrogen and oxygen atoms in total. The van der Waals surface area contributed by atoms with Crippen LogP contribution >= 0.6 is 11.6 Å². The first-order valence-electron chi connectivity index (χ1n) is 12.4. The van der Waals surface area contributed by atoms with Gasteiger partial charge in [0.1, 0.15) is 6.54 Å². The molecule has 1 aromatic carbocycles. The van der Waals surface area contributed by atoms with Gasteiger partial charge in [-0.3, -0.25) is 9.59 Å². The molecule has 0 unspecified atom stereocenters. The first kappa shape index (κ1) is 28.2. The Morgan fingerprint density at radius 1 is 0.844 bits per heavy atom. The number of allylic oxidation sites excluding steroid dienone is 2. The molecule has 0 fully saturated rings. The van der Waals surface area contributed by atoms with Crippen molar-refractivity contribution in [2.75, 3.05) is 6.54 Å². The lowest BCUT2D eigenvalue weighted by Crippen LogP contribution is -2.35. The summed E-state index contributed by atoms with van der Waals surface area (Å²) in [5.74, 6) is -1.09. The number of nitrogens with zero attached hydrogens (tertiary/aromatic N) is 1. The van der Waals surface area contributed by atoms with Crippen LogP contribution in [0.25, 0.3) is 0 Å². The number of halogens is 1. The maximum absolute atomic E-state index is 12.5. The topological polar surface area (TPSA) is 57.6 Å². The third-order valence-electron chi connectivity index (χ3n) is 5.62. The van der Waals surface area contributed by atoms with Gasteiger partial charge in [0.2, 0.25) is 5.91 Å².